The number of carbonyl (C=O) groups excluding carboxylic acids is 1. The van der Waals surface area contributed by atoms with Crippen molar-refractivity contribution in [3.63, 3.8) is 0 Å². The Morgan fingerprint density at radius 1 is 1.50 bits per heavy atom. The van der Waals surface area contributed by atoms with Gasteiger partial charge in [-0.05, 0) is 25.5 Å². The van der Waals surface area contributed by atoms with E-state index in [0.717, 1.165) is 6.42 Å². The van der Waals surface area contributed by atoms with E-state index in [1.54, 1.807) is 22.9 Å². The largest absolute Gasteiger partial charge is 0.480 e. The summed E-state index contributed by atoms with van der Waals surface area (Å²) in [6.45, 7) is 3.99. The molecule has 100 valence electrons. The van der Waals surface area contributed by atoms with Crippen LogP contribution in [-0.2, 0) is 11.3 Å². The van der Waals surface area contributed by atoms with Gasteiger partial charge in [0.25, 0.3) is 5.91 Å². The normalized spacial score (nSPS) is 13.9. The fourth-order valence-corrected chi connectivity index (χ4v) is 1.66. The first kappa shape index (κ1) is 14.2. The number of amides is 1. The molecule has 1 aromatic heterocycles. The van der Waals surface area contributed by atoms with Crippen LogP contribution in [0.15, 0.2) is 18.3 Å². The molecule has 0 spiro atoms. The van der Waals surface area contributed by atoms with Crippen molar-refractivity contribution in [1.29, 1.82) is 0 Å². The van der Waals surface area contributed by atoms with E-state index in [-0.39, 0.29) is 0 Å². The number of aryl methyl sites for hydroxylation is 1. The average molecular weight is 254 g/mol. The Morgan fingerprint density at radius 3 is 2.67 bits per heavy atom. The predicted molar refractivity (Wildman–Crippen MR) is 65.3 cm³/mol. The van der Waals surface area contributed by atoms with E-state index < -0.39 is 24.0 Å². The van der Waals surface area contributed by atoms with Crippen LogP contribution in [0.1, 0.15) is 30.8 Å². The lowest BCUT2D eigenvalue weighted by atomic mass is 10.2. The van der Waals surface area contributed by atoms with Crippen molar-refractivity contribution in [2.75, 3.05) is 0 Å². The summed E-state index contributed by atoms with van der Waals surface area (Å²) >= 11 is 0. The number of hydrogen-bond acceptors (Lipinski definition) is 3. The monoisotopic (exact) mass is 254 g/mol. The number of carbonyl (C=O) groups is 2. The number of aliphatic carboxylic acids is 1. The third-order valence-electron chi connectivity index (χ3n) is 2.56. The minimum absolute atomic E-state index is 0.392. The fraction of sp³-hybridized carbons (Fsp3) is 0.500. The van der Waals surface area contributed by atoms with Crippen LogP contribution in [0.25, 0.3) is 0 Å². The minimum Gasteiger partial charge on any atom is -0.480 e. The molecule has 0 radical (unpaired) electrons. The van der Waals surface area contributed by atoms with Crippen LogP contribution in [-0.4, -0.2) is 38.8 Å². The number of carboxylic acid groups (broad SMARTS) is 1. The molecule has 3 N–H and O–H groups in total. The number of aliphatic hydroxyl groups is 1. The summed E-state index contributed by atoms with van der Waals surface area (Å²) in [5.74, 6) is -1.76. The van der Waals surface area contributed by atoms with Crippen molar-refractivity contribution in [1.82, 2.24) is 9.88 Å². The summed E-state index contributed by atoms with van der Waals surface area (Å²) in [6.07, 6.45) is 1.48. The summed E-state index contributed by atoms with van der Waals surface area (Å²) in [6, 6.07) is 2.04. The molecule has 0 saturated carbocycles. The van der Waals surface area contributed by atoms with Crippen LogP contribution in [0, 0.1) is 0 Å². The Hall–Kier alpha value is -1.82. The number of nitrogens with zero attached hydrogens (tertiary/aromatic N) is 1. The molecule has 0 bridgehead atoms. The molecule has 0 fully saturated rings. The van der Waals surface area contributed by atoms with Crippen LogP contribution in [0.5, 0.6) is 0 Å². The molecule has 0 aliphatic carbocycles. The van der Waals surface area contributed by atoms with Crippen molar-refractivity contribution in [2.24, 2.45) is 0 Å². The van der Waals surface area contributed by atoms with Gasteiger partial charge in [-0.1, -0.05) is 6.92 Å². The number of nitrogens with one attached hydrogen (secondary N) is 1. The highest BCUT2D eigenvalue weighted by molar-refractivity contribution is 5.95. The molecule has 6 nitrogen and oxygen atoms in total. The first-order valence-electron chi connectivity index (χ1n) is 5.84. The van der Waals surface area contributed by atoms with Gasteiger partial charge >= 0.3 is 5.97 Å². The van der Waals surface area contributed by atoms with E-state index in [1.807, 2.05) is 6.92 Å². The molecule has 0 saturated heterocycles. The molecule has 18 heavy (non-hydrogen) atoms. The van der Waals surface area contributed by atoms with Gasteiger partial charge in [-0.15, -0.1) is 0 Å². The molecule has 1 heterocycles. The molecule has 6 heteroatoms. The van der Waals surface area contributed by atoms with Gasteiger partial charge in [-0.25, -0.2) is 4.79 Å². The van der Waals surface area contributed by atoms with Gasteiger partial charge in [-0.2, -0.15) is 0 Å². The van der Waals surface area contributed by atoms with Crippen molar-refractivity contribution >= 4 is 11.9 Å². The summed E-state index contributed by atoms with van der Waals surface area (Å²) < 4.78 is 1.75. The van der Waals surface area contributed by atoms with Crippen molar-refractivity contribution in [3.8, 4) is 0 Å². The molecule has 0 unspecified atom stereocenters. The first-order valence-corrected chi connectivity index (χ1v) is 5.84. The molecular formula is C12H18N2O4. The van der Waals surface area contributed by atoms with E-state index in [4.69, 9.17) is 5.11 Å². The number of rotatable bonds is 6. The second-order valence-electron chi connectivity index (χ2n) is 4.12. The highest BCUT2D eigenvalue weighted by atomic mass is 16.4. The Labute approximate surface area is 105 Å². The highest BCUT2D eigenvalue weighted by Gasteiger charge is 2.26. The van der Waals surface area contributed by atoms with Crippen molar-refractivity contribution in [3.05, 3.63) is 24.0 Å². The first-order chi connectivity index (χ1) is 8.47. The maximum absolute atomic E-state index is 11.9. The molecule has 0 aromatic carbocycles. The van der Waals surface area contributed by atoms with Gasteiger partial charge in [-0.3, -0.25) is 4.79 Å². The van der Waals surface area contributed by atoms with Crippen LogP contribution >= 0.6 is 0 Å². The minimum atomic E-state index is -1.30. The highest BCUT2D eigenvalue weighted by Crippen LogP contribution is 2.05. The second kappa shape index (κ2) is 6.20. The van der Waals surface area contributed by atoms with E-state index in [1.165, 1.54) is 6.92 Å². The Morgan fingerprint density at radius 2 is 2.17 bits per heavy atom. The number of aliphatic hydroxyl groups excluding tert-OH is 1. The third-order valence-corrected chi connectivity index (χ3v) is 2.56. The molecule has 2 atom stereocenters. The van der Waals surface area contributed by atoms with E-state index in [0.29, 0.717) is 12.2 Å². The van der Waals surface area contributed by atoms with E-state index in [9.17, 15) is 14.7 Å². The summed E-state index contributed by atoms with van der Waals surface area (Å²) in [5, 5.41) is 20.5. The van der Waals surface area contributed by atoms with Crippen LogP contribution in [0.3, 0.4) is 0 Å². The summed E-state index contributed by atoms with van der Waals surface area (Å²) in [4.78, 5) is 22.8. The smallest absolute Gasteiger partial charge is 0.328 e. The molecule has 0 aliphatic heterocycles. The number of carboxylic acids is 1. The number of hydrogen-bond donors (Lipinski definition) is 3. The zero-order valence-electron chi connectivity index (χ0n) is 10.5. The Bertz CT molecular complexity index is 425. The Balaban J connectivity index is 2.80. The van der Waals surface area contributed by atoms with Gasteiger partial charge < -0.3 is 20.1 Å². The standard InChI is InChI=1S/C12H18N2O4/c1-3-6-14-7-4-5-9(14)11(16)13-10(8(2)15)12(17)18/h4-5,7-8,10,15H,3,6H2,1-2H3,(H,13,16)(H,17,18)/t8-,10+/m1/s1. The molecule has 1 rings (SSSR count). The van der Waals surface area contributed by atoms with Gasteiger partial charge in [0, 0.05) is 12.7 Å². The molecule has 0 aliphatic rings. The van der Waals surface area contributed by atoms with Crippen LogP contribution < -0.4 is 5.32 Å². The zero-order chi connectivity index (χ0) is 13.7. The predicted octanol–water partition coefficient (Wildman–Crippen LogP) is 0.462. The summed E-state index contributed by atoms with van der Waals surface area (Å²) in [7, 11) is 0. The second-order valence-corrected chi connectivity index (χ2v) is 4.12. The van der Waals surface area contributed by atoms with Gasteiger partial charge in [0.15, 0.2) is 6.04 Å². The maximum Gasteiger partial charge on any atom is 0.328 e. The molecular weight excluding hydrogens is 236 g/mol. The average Bonchev–Trinajstić information content (AvgIpc) is 2.73. The lowest BCUT2D eigenvalue weighted by molar-refractivity contribution is -0.141. The third kappa shape index (κ3) is 3.33. The maximum atomic E-state index is 11.9. The van der Waals surface area contributed by atoms with E-state index in [2.05, 4.69) is 5.32 Å². The molecule has 1 amide bonds. The SMILES string of the molecule is CCCn1cccc1C(=O)N[C@H](C(=O)O)[C@@H](C)O. The topological polar surface area (TPSA) is 91.6 Å². The Kier molecular flexibility index (Phi) is 4.91. The van der Waals surface area contributed by atoms with E-state index >= 15 is 0 Å². The number of aromatic nitrogens is 1. The lowest BCUT2D eigenvalue weighted by Gasteiger charge is -2.17. The van der Waals surface area contributed by atoms with Crippen LogP contribution in [0.2, 0.25) is 0 Å². The van der Waals surface area contributed by atoms with Crippen molar-refractivity contribution in [2.45, 2.75) is 39.0 Å². The zero-order valence-corrected chi connectivity index (χ0v) is 10.5. The quantitative estimate of drug-likeness (QED) is 0.687. The lowest BCUT2D eigenvalue weighted by Crippen LogP contribution is -2.48. The van der Waals surface area contributed by atoms with Crippen molar-refractivity contribution < 1.29 is 19.8 Å². The summed E-state index contributed by atoms with van der Waals surface area (Å²) in [5.41, 5.74) is 0.392. The molecule has 1 aromatic rings. The van der Waals surface area contributed by atoms with Gasteiger partial charge in [0.05, 0.1) is 6.10 Å². The fourth-order valence-electron chi connectivity index (χ4n) is 1.66. The van der Waals surface area contributed by atoms with Gasteiger partial charge in [0.1, 0.15) is 5.69 Å². The van der Waals surface area contributed by atoms with Crippen LogP contribution in [0.4, 0.5) is 0 Å². The van der Waals surface area contributed by atoms with Gasteiger partial charge in [0.2, 0.25) is 0 Å².